The summed E-state index contributed by atoms with van der Waals surface area (Å²) >= 11 is 0. The number of nitrogens with zero attached hydrogens (tertiary/aromatic N) is 1. The molecule has 0 saturated heterocycles. The summed E-state index contributed by atoms with van der Waals surface area (Å²) in [6.45, 7) is 13.5. The number of carbonyl (C=O) groups excluding carboxylic acids is 1. The number of hydrogen-bond donors (Lipinski definition) is 2. The van der Waals surface area contributed by atoms with Gasteiger partial charge in [-0.15, -0.1) is 0 Å². The fraction of sp³-hybridized carbons (Fsp3) is 0.938. The van der Waals surface area contributed by atoms with Gasteiger partial charge in [0.2, 0.25) is 5.91 Å². The molecule has 4 heteroatoms. The SMILES string of the molecule is CCN(CC)CCCNC(=O)CCC(CCN)C(C)C. The Kier molecular flexibility index (Phi) is 11.8. The third-order valence-electron chi connectivity index (χ3n) is 4.09. The van der Waals surface area contributed by atoms with Gasteiger partial charge in [0.05, 0.1) is 0 Å². The molecule has 0 aromatic rings. The Morgan fingerprint density at radius 2 is 1.85 bits per heavy atom. The van der Waals surface area contributed by atoms with E-state index in [1.807, 2.05) is 0 Å². The van der Waals surface area contributed by atoms with Gasteiger partial charge in [-0.05, 0) is 57.3 Å². The molecule has 20 heavy (non-hydrogen) atoms. The van der Waals surface area contributed by atoms with Gasteiger partial charge in [-0.3, -0.25) is 4.79 Å². The Bertz CT molecular complexity index is 240. The molecule has 0 aliphatic rings. The zero-order valence-electron chi connectivity index (χ0n) is 14.0. The topological polar surface area (TPSA) is 58.4 Å². The molecule has 0 aliphatic carbocycles. The summed E-state index contributed by atoms with van der Waals surface area (Å²) in [5.41, 5.74) is 5.62. The van der Waals surface area contributed by atoms with E-state index in [0.29, 0.717) is 24.8 Å². The van der Waals surface area contributed by atoms with Crippen LogP contribution in [0.3, 0.4) is 0 Å². The summed E-state index contributed by atoms with van der Waals surface area (Å²) in [5, 5.41) is 3.03. The Labute approximate surface area is 125 Å². The second-order valence-electron chi connectivity index (χ2n) is 5.85. The average molecular weight is 285 g/mol. The van der Waals surface area contributed by atoms with E-state index in [1.165, 1.54) is 0 Å². The van der Waals surface area contributed by atoms with Crippen molar-refractivity contribution in [2.45, 2.75) is 53.4 Å². The molecule has 0 radical (unpaired) electrons. The molecule has 4 nitrogen and oxygen atoms in total. The standard InChI is InChI=1S/C16H35N3O/c1-5-19(6-2)13-7-12-18-16(20)9-8-15(10-11-17)14(3)4/h14-15H,5-13,17H2,1-4H3,(H,18,20). The molecule has 1 amide bonds. The summed E-state index contributed by atoms with van der Waals surface area (Å²) in [7, 11) is 0. The van der Waals surface area contributed by atoms with Crippen LogP contribution < -0.4 is 11.1 Å². The minimum atomic E-state index is 0.187. The van der Waals surface area contributed by atoms with Crippen LogP contribution in [0.25, 0.3) is 0 Å². The van der Waals surface area contributed by atoms with Crippen molar-refractivity contribution in [1.29, 1.82) is 0 Å². The number of rotatable bonds is 12. The lowest BCUT2D eigenvalue weighted by Gasteiger charge is -2.20. The summed E-state index contributed by atoms with van der Waals surface area (Å²) < 4.78 is 0. The first-order valence-corrected chi connectivity index (χ1v) is 8.24. The fourth-order valence-electron chi connectivity index (χ4n) is 2.50. The van der Waals surface area contributed by atoms with Gasteiger partial charge >= 0.3 is 0 Å². The first kappa shape index (κ1) is 19.4. The lowest BCUT2D eigenvalue weighted by Crippen LogP contribution is -2.30. The second kappa shape index (κ2) is 12.2. The van der Waals surface area contributed by atoms with E-state index in [-0.39, 0.29) is 5.91 Å². The van der Waals surface area contributed by atoms with Gasteiger partial charge in [-0.2, -0.15) is 0 Å². The molecule has 0 heterocycles. The molecule has 3 N–H and O–H groups in total. The molecule has 0 aliphatic heterocycles. The molecule has 0 bridgehead atoms. The lowest BCUT2D eigenvalue weighted by molar-refractivity contribution is -0.121. The van der Waals surface area contributed by atoms with E-state index in [1.54, 1.807) is 0 Å². The van der Waals surface area contributed by atoms with Crippen molar-refractivity contribution in [2.24, 2.45) is 17.6 Å². The number of carbonyl (C=O) groups is 1. The van der Waals surface area contributed by atoms with Crippen LogP contribution in [0, 0.1) is 11.8 Å². The zero-order chi connectivity index (χ0) is 15.4. The molecule has 1 atom stereocenters. The quantitative estimate of drug-likeness (QED) is 0.541. The highest BCUT2D eigenvalue weighted by molar-refractivity contribution is 5.75. The van der Waals surface area contributed by atoms with E-state index < -0.39 is 0 Å². The zero-order valence-corrected chi connectivity index (χ0v) is 14.0. The van der Waals surface area contributed by atoms with Gasteiger partial charge < -0.3 is 16.0 Å². The fourth-order valence-corrected chi connectivity index (χ4v) is 2.50. The van der Waals surface area contributed by atoms with Crippen LogP contribution in [0.4, 0.5) is 0 Å². The van der Waals surface area contributed by atoms with Crippen molar-refractivity contribution < 1.29 is 4.79 Å². The van der Waals surface area contributed by atoms with Crippen molar-refractivity contribution in [3.8, 4) is 0 Å². The Balaban J connectivity index is 3.72. The summed E-state index contributed by atoms with van der Waals surface area (Å²) in [6, 6.07) is 0. The largest absolute Gasteiger partial charge is 0.356 e. The van der Waals surface area contributed by atoms with Crippen LogP contribution >= 0.6 is 0 Å². The monoisotopic (exact) mass is 285 g/mol. The number of nitrogens with two attached hydrogens (primary N) is 1. The maximum Gasteiger partial charge on any atom is 0.220 e. The maximum absolute atomic E-state index is 11.8. The highest BCUT2D eigenvalue weighted by Gasteiger charge is 2.14. The smallest absolute Gasteiger partial charge is 0.220 e. The van der Waals surface area contributed by atoms with Crippen molar-refractivity contribution in [2.75, 3.05) is 32.7 Å². The Morgan fingerprint density at radius 1 is 1.20 bits per heavy atom. The van der Waals surface area contributed by atoms with Gasteiger partial charge in [0.15, 0.2) is 0 Å². The van der Waals surface area contributed by atoms with E-state index >= 15 is 0 Å². The predicted molar refractivity (Wildman–Crippen MR) is 86.6 cm³/mol. The van der Waals surface area contributed by atoms with Crippen LogP contribution in [0.5, 0.6) is 0 Å². The first-order valence-electron chi connectivity index (χ1n) is 8.24. The number of nitrogens with one attached hydrogen (secondary N) is 1. The van der Waals surface area contributed by atoms with Gasteiger partial charge in [0.1, 0.15) is 0 Å². The normalized spacial score (nSPS) is 12.9. The van der Waals surface area contributed by atoms with E-state index in [2.05, 4.69) is 37.9 Å². The predicted octanol–water partition coefficient (Wildman–Crippen LogP) is 2.24. The van der Waals surface area contributed by atoms with Crippen LogP contribution in [-0.2, 0) is 4.79 Å². The van der Waals surface area contributed by atoms with Crippen molar-refractivity contribution in [3.05, 3.63) is 0 Å². The third-order valence-corrected chi connectivity index (χ3v) is 4.09. The van der Waals surface area contributed by atoms with Gasteiger partial charge in [0, 0.05) is 13.0 Å². The van der Waals surface area contributed by atoms with E-state index in [9.17, 15) is 4.79 Å². The highest BCUT2D eigenvalue weighted by Crippen LogP contribution is 2.20. The summed E-state index contributed by atoms with van der Waals surface area (Å²) in [5.74, 6) is 1.36. The molecule has 0 fully saturated rings. The van der Waals surface area contributed by atoms with Crippen molar-refractivity contribution in [1.82, 2.24) is 10.2 Å². The highest BCUT2D eigenvalue weighted by atomic mass is 16.1. The van der Waals surface area contributed by atoms with Crippen molar-refractivity contribution in [3.63, 3.8) is 0 Å². The molecule has 0 rings (SSSR count). The van der Waals surface area contributed by atoms with Crippen LogP contribution in [0.1, 0.15) is 53.4 Å². The minimum absolute atomic E-state index is 0.187. The van der Waals surface area contributed by atoms with Gasteiger partial charge in [-0.1, -0.05) is 27.7 Å². The third kappa shape index (κ3) is 9.32. The second-order valence-corrected chi connectivity index (χ2v) is 5.85. The number of amides is 1. The van der Waals surface area contributed by atoms with Crippen LogP contribution in [0.15, 0.2) is 0 Å². The van der Waals surface area contributed by atoms with Crippen molar-refractivity contribution >= 4 is 5.91 Å². The van der Waals surface area contributed by atoms with Gasteiger partial charge in [-0.25, -0.2) is 0 Å². The molecule has 1 unspecified atom stereocenters. The molecule has 0 aromatic carbocycles. The molecule has 120 valence electrons. The Hall–Kier alpha value is -0.610. The lowest BCUT2D eigenvalue weighted by atomic mass is 9.88. The molecular formula is C16H35N3O. The van der Waals surface area contributed by atoms with Crippen LogP contribution in [0.2, 0.25) is 0 Å². The average Bonchev–Trinajstić information content (AvgIpc) is 2.43. The first-order chi connectivity index (χ1) is 9.54. The van der Waals surface area contributed by atoms with E-state index in [4.69, 9.17) is 5.73 Å². The van der Waals surface area contributed by atoms with Gasteiger partial charge in [0.25, 0.3) is 0 Å². The van der Waals surface area contributed by atoms with Crippen LogP contribution in [-0.4, -0.2) is 43.5 Å². The summed E-state index contributed by atoms with van der Waals surface area (Å²) in [4.78, 5) is 14.2. The molecule has 0 saturated carbocycles. The minimum Gasteiger partial charge on any atom is -0.356 e. The molecule has 0 spiro atoms. The molecular weight excluding hydrogens is 250 g/mol. The Morgan fingerprint density at radius 3 is 2.35 bits per heavy atom. The number of hydrogen-bond acceptors (Lipinski definition) is 3. The maximum atomic E-state index is 11.8. The molecule has 0 aromatic heterocycles. The van der Waals surface area contributed by atoms with E-state index in [0.717, 1.165) is 45.4 Å². The summed E-state index contributed by atoms with van der Waals surface area (Å²) in [6.07, 6.45) is 3.64.